The molecule has 0 bridgehead atoms. The molecule has 0 aromatic heterocycles. The number of hydrogen-bond donors (Lipinski definition) is 4. The summed E-state index contributed by atoms with van der Waals surface area (Å²) < 4.78 is 29.4. The van der Waals surface area contributed by atoms with Crippen molar-refractivity contribution in [3.63, 3.8) is 0 Å². The molecule has 0 spiro atoms. The Morgan fingerprint density at radius 3 is 1.92 bits per heavy atom. The van der Waals surface area contributed by atoms with Crippen LogP contribution in [0.3, 0.4) is 0 Å². The van der Waals surface area contributed by atoms with Crippen LogP contribution in [0.15, 0.2) is 100 Å². The van der Waals surface area contributed by atoms with Gasteiger partial charge in [-0.15, -0.1) is 0 Å². The molecule has 0 unspecified atom stereocenters. The van der Waals surface area contributed by atoms with Gasteiger partial charge < -0.3 is 20.8 Å². The van der Waals surface area contributed by atoms with E-state index >= 15 is 0 Å². The van der Waals surface area contributed by atoms with E-state index in [2.05, 4.69) is 26.6 Å². The third-order valence-corrected chi connectivity index (χ3v) is 11.6. The molecule has 15 heteroatoms. The number of nitrogens with one attached hydrogen (secondary N) is 2. The van der Waals surface area contributed by atoms with Crippen molar-refractivity contribution >= 4 is 164 Å². The van der Waals surface area contributed by atoms with Crippen LogP contribution < -0.4 is 10.6 Å². The quantitative estimate of drug-likeness (QED) is 0.123. The molecule has 5 rings (SSSR count). The number of carboxylic acid groups (broad SMARTS) is 2. The third kappa shape index (κ3) is 12.2. The average molecular weight is 857 g/mol. The number of anilines is 2. The first kappa shape index (κ1) is 45.8. The number of nitrogens with zero attached hydrogens (tertiary/aromatic N) is 1. The molecule has 2 amide bonds. The van der Waals surface area contributed by atoms with E-state index in [1.807, 2.05) is 12.1 Å². The molecule has 1 aliphatic carbocycles. The molecule has 0 saturated heterocycles. The van der Waals surface area contributed by atoms with Gasteiger partial charge in [-0.2, -0.15) is 4.31 Å². The van der Waals surface area contributed by atoms with Crippen molar-refractivity contribution in [2.24, 2.45) is 5.92 Å². The van der Waals surface area contributed by atoms with Gasteiger partial charge in [0.2, 0.25) is 10.0 Å². The van der Waals surface area contributed by atoms with Crippen LogP contribution in [0.4, 0.5) is 11.4 Å². The molecule has 0 atom stereocenters. The molecule has 0 aliphatic heterocycles. The van der Waals surface area contributed by atoms with Crippen molar-refractivity contribution in [1.82, 2.24) is 4.31 Å². The number of benzene rings is 4. The molecule has 53 heavy (non-hydrogen) atoms. The average Bonchev–Trinajstić information content (AvgIpc) is 3.12. The Bertz CT molecular complexity index is 2040. The minimum atomic E-state index is -3.99. The van der Waals surface area contributed by atoms with E-state index in [4.69, 9.17) is 5.11 Å². The maximum atomic E-state index is 13.7. The molecule has 270 valence electrons. The van der Waals surface area contributed by atoms with Crippen LogP contribution >= 0.6 is 15.9 Å². The van der Waals surface area contributed by atoms with Crippen LogP contribution in [-0.4, -0.2) is 162 Å². The number of aliphatic carboxylic acids is 1. The molecule has 4 N–H and O–H groups in total. The molecule has 0 heterocycles. The molecule has 11 nitrogen and oxygen atoms in total. The van der Waals surface area contributed by atoms with E-state index < -0.39 is 39.7 Å². The predicted molar refractivity (Wildman–Crippen MR) is 211 cm³/mol. The summed E-state index contributed by atoms with van der Waals surface area (Å²) in [5.74, 6) is -3.38. The van der Waals surface area contributed by atoms with Crippen LogP contribution in [0.1, 0.15) is 74.8 Å². The van der Waals surface area contributed by atoms with Crippen molar-refractivity contribution in [3.8, 4) is 0 Å². The Morgan fingerprint density at radius 2 is 1.36 bits per heavy atom. The Morgan fingerprint density at radius 1 is 0.755 bits per heavy atom. The number of carboxylic acids is 2. The summed E-state index contributed by atoms with van der Waals surface area (Å²) in [5.41, 5.74) is 3.32. The number of carbonyl (C=O) groups is 4. The van der Waals surface area contributed by atoms with Crippen LogP contribution in [0.2, 0.25) is 0 Å². The topological polar surface area (TPSA) is 170 Å². The van der Waals surface area contributed by atoms with Gasteiger partial charge in [0.05, 0.1) is 27.6 Å². The zero-order valence-electron chi connectivity index (χ0n) is 27.8. The number of aryl methyl sites for hydroxylation is 2. The monoisotopic (exact) mass is 855 g/mol. The number of sulfonamides is 1. The number of amides is 2. The van der Waals surface area contributed by atoms with Crippen LogP contribution in [-0.2, 0) is 27.7 Å². The van der Waals surface area contributed by atoms with E-state index in [1.54, 1.807) is 61.5 Å². The summed E-state index contributed by atoms with van der Waals surface area (Å²) in [7, 11) is -3.99. The normalized spacial score (nSPS) is 15.4. The van der Waals surface area contributed by atoms with Crippen molar-refractivity contribution in [2.45, 2.75) is 56.4 Å². The van der Waals surface area contributed by atoms with Crippen LogP contribution in [0.5, 0.6) is 0 Å². The van der Waals surface area contributed by atoms with E-state index in [0.29, 0.717) is 42.3 Å². The molecule has 0 radical (unpaired) electrons. The van der Waals surface area contributed by atoms with Gasteiger partial charge in [-0.3, -0.25) is 14.4 Å². The van der Waals surface area contributed by atoms with Gasteiger partial charge in [-0.1, -0.05) is 53.2 Å². The molecular weight excluding hydrogens is 817 g/mol. The molecular formula is C38H40BrK2N3O8S. The standard InChI is InChI=1S/C38H38BrN3O8S.2K.2H/c1-2-42(31-19-14-27(15-20-31)38(47)48)51(49,50)32-5-3-4-28(22-32)35(43)41-34-21-16-29(39)23-33(34)36(44)40-30-17-10-25(11-18-30)7-6-24-8-12-26(13-9-24)37(45)46;;;;/h3-5,8-13,16-18,21-23,27,31H,2,6-7,14-15,19-20H2,1H3,(H,40,44)(H,41,43)(H,45,46)(H,47,48);;;;. The number of aromatic carboxylic acids is 1. The summed E-state index contributed by atoms with van der Waals surface area (Å²) in [6.45, 7) is 1.93. The molecule has 1 saturated carbocycles. The fourth-order valence-corrected chi connectivity index (χ4v) is 8.33. The molecule has 1 fully saturated rings. The zero-order chi connectivity index (χ0) is 36.7. The fraction of sp³-hybridized carbons (Fsp3) is 0.263. The second kappa shape index (κ2) is 21.1. The molecule has 4 aromatic rings. The van der Waals surface area contributed by atoms with Gasteiger partial charge in [0.1, 0.15) is 0 Å². The summed E-state index contributed by atoms with van der Waals surface area (Å²) in [6, 6.07) is 24.3. The van der Waals surface area contributed by atoms with Crippen molar-refractivity contribution in [3.05, 3.63) is 123 Å². The number of carbonyl (C=O) groups excluding carboxylic acids is 2. The maximum absolute atomic E-state index is 13.7. The number of rotatable bonds is 13. The van der Waals surface area contributed by atoms with Crippen molar-refractivity contribution in [2.75, 3.05) is 17.2 Å². The second-order valence-electron chi connectivity index (χ2n) is 12.4. The van der Waals surface area contributed by atoms with E-state index in [9.17, 15) is 32.7 Å². The van der Waals surface area contributed by atoms with Gasteiger partial charge in [0, 0.05) is 28.3 Å². The molecule has 4 aromatic carbocycles. The fourth-order valence-electron chi connectivity index (χ4n) is 6.23. The van der Waals surface area contributed by atoms with Crippen molar-refractivity contribution in [1.29, 1.82) is 0 Å². The van der Waals surface area contributed by atoms with Gasteiger partial charge >= 0.3 is 115 Å². The second-order valence-corrected chi connectivity index (χ2v) is 15.2. The Kier molecular flexibility index (Phi) is 18.2. The third-order valence-electron chi connectivity index (χ3n) is 9.06. The van der Waals surface area contributed by atoms with E-state index in [-0.39, 0.29) is 143 Å². The Hall–Kier alpha value is -1.58. The SMILES string of the molecule is CCN(C1CCC(C(=O)O)CC1)S(=O)(=O)c1cccc(C(=O)Nc2ccc(Br)cc2C(=O)Nc2ccc(CCc3ccc(C(=O)O)cc3)cc2)c1.[KH].[KH]. The predicted octanol–water partition coefficient (Wildman–Crippen LogP) is 5.79. The Labute approximate surface area is 402 Å². The summed E-state index contributed by atoms with van der Waals surface area (Å²) in [5, 5.41) is 24.0. The van der Waals surface area contributed by atoms with Crippen LogP contribution in [0.25, 0.3) is 0 Å². The van der Waals surface area contributed by atoms with Gasteiger partial charge in [-0.05, 0) is 110 Å². The van der Waals surface area contributed by atoms with Gasteiger partial charge in [0.15, 0.2) is 0 Å². The van der Waals surface area contributed by atoms with Crippen molar-refractivity contribution < 1.29 is 37.8 Å². The van der Waals surface area contributed by atoms with Gasteiger partial charge in [-0.25, -0.2) is 13.2 Å². The van der Waals surface area contributed by atoms with E-state index in [0.717, 1.165) is 17.5 Å². The zero-order valence-corrected chi connectivity index (χ0v) is 30.2. The summed E-state index contributed by atoms with van der Waals surface area (Å²) in [6.07, 6.45) is 3.11. The first-order chi connectivity index (χ1) is 24.3. The first-order valence-electron chi connectivity index (χ1n) is 16.5. The Balaban J connectivity index is 0.00000378. The number of halogens is 1. The summed E-state index contributed by atoms with van der Waals surface area (Å²) in [4.78, 5) is 49.3. The van der Waals surface area contributed by atoms with Gasteiger partial charge in [0.25, 0.3) is 11.8 Å². The number of hydrogen-bond acceptors (Lipinski definition) is 6. The first-order valence-corrected chi connectivity index (χ1v) is 18.8. The molecule has 1 aliphatic rings. The van der Waals surface area contributed by atoms with Crippen LogP contribution in [0, 0.1) is 5.92 Å². The summed E-state index contributed by atoms with van der Waals surface area (Å²) >= 11 is 3.39. The van der Waals surface area contributed by atoms with E-state index in [1.165, 1.54) is 28.6 Å². The minimum absolute atomic E-state index is 0.